The van der Waals surface area contributed by atoms with Gasteiger partial charge in [0.15, 0.2) is 14.1 Å². The highest BCUT2D eigenvalue weighted by molar-refractivity contribution is 6.78. The molecule has 4 atom stereocenters. The van der Waals surface area contributed by atoms with Gasteiger partial charge in [0.25, 0.3) is 14.2 Å². The normalized spacial score (nSPS) is 18.7. The lowest BCUT2D eigenvalue weighted by atomic mass is 9.97. The van der Waals surface area contributed by atoms with Crippen LogP contribution in [-0.2, 0) is 30.1 Å². The second-order valence-corrected chi connectivity index (χ2v) is 32.5. The van der Waals surface area contributed by atoms with Gasteiger partial charge >= 0.3 is 12.2 Å². The maximum atomic E-state index is 15.0. The fourth-order valence-electron chi connectivity index (χ4n) is 10.0. The number of rotatable bonds is 21. The van der Waals surface area contributed by atoms with Crippen molar-refractivity contribution in [2.45, 2.75) is 174 Å². The van der Waals surface area contributed by atoms with Crippen molar-refractivity contribution in [2.75, 3.05) is 44.0 Å². The van der Waals surface area contributed by atoms with E-state index >= 15 is 0 Å². The van der Waals surface area contributed by atoms with Gasteiger partial charge in [0.05, 0.1) is 31.0 Å². The van der Waals surface area contributed by atoms with Crippen molar-refractivity contribution >= 4 is 57.9 Å². The topological polar surface area (TPSA) is 174 Å². The van der Waals surface area contributed by atoms with Crippen molar-refractivity contribution in [3.05, 3.63) is 60.2 Å². The Labute approximate surface area is 419 Å². The first-order valence-corrected chi connectivity index (χ1v) is 30.4. The summed E-state index contributed by atoms with van der Waals surface area (Å²) in [6.45, 7) is 33.1. The van der Waals surface area contributed by atoms with Crippen LogP contribution >= 0.6 is 0 Å². The van der Waals surface area contributed by atoms with Crippen LogP contribution in [0.5, 0.6) is 11.5 Å². The van der Waals surface area contributed by atoms with Gasteiger partial charge in [-0.15, -0.1) is 0 Å². The van der Waals surface area contributed by atoms with Crippen molar-refractivity contribution in [3.8, 4) is 11.5 Å². The number of anilines is 2. The predicted molar refractivity (Wildman–Crippen MR) is 280 cm³/mol. The summed E-state index contributed by atoms with van der Waals surface area (Å²) in [6, 6.07) is 8.57. The molecule has 2 heterocycles. The van der Waals surface area contributed by atoms with Crippen molar-refractivity contribution in [2.24, 2.45) is 11.3 Å². The molecule has 15 nitrogen and oxygen atoms in total. The number of hydrogen-bond donors (Lipinski definition) is 3. The summed E-state index contributed by atoms with van der Waals surface area (Å²) in [5.41, 5.74) is 2.50. The first-order valence-electron chi connectivity index (χ1n) is 25.4. The third kappa shape index (κ3) is 13.0. The first kappa shape index (κ1) is 56.0. The fourth-order valence-corrected chi connectivity index (χ4v) is 16.3. The quantitative estimate of drug-likeness (QED) is 0.0806. The Balaban J connectivity index is 1.34. The summed E-state index contributed by atoms with van der Waals surface area (Å²) in [5, 5.41) is 8.74. The van der Waals surface area contributed by atoms with E-state index in [1.807, 2.05) is 18.7 Å². The van der Waals surface area contributed by atoms with E-state index in [1.165, 1.54) is 11.0 Å². The van der Waals surface area contributed by atoms with Gasteiger partial charge < -0.3 is 38.6 Å². The fraction of sp³-hybridized carbons (Fsp3) is 0.642. The highest BCUT2D eigenvalue weighted by Gasteiger charge is 2.54. The van der Waals surface area contributed by atoms with Crippen LogP contribution in [0, 0.1) is 11.3 Å². The third-order valence-electron chi connectivity index (χ3n) is 15.5. The average molecular weight is 1010 g/mol. The molecule has 0 radical (unpaired) electrons. The van der Waals surface area contributed by atoms with Crippen molar-refractivity contribution in [1.82, 2.24) is 15.1 Å². The van der Waals surface area contributed by atoms with Gasteiger partial charge in [0.1, 0.15) is 31.0 Å². The van der Waals surface area contributed by atoms with Gasteiger partial charge in [-0.1, -0.05) is 107 Å². The zero-order valence-corrected chi connectivity index (χ0v) is 46.5. The molecule has 70 heavy (non-hydrogen) atoms. The Hall–Kier alpha value is -4.88. The van der Waals surface area contributed by atoms with Gasteiger partial charge in [-0.25, -0.2) is 9.59 Å². The maximum Gasteiger partial charge on any atom is 0.411 e. The van der Waals surface area contributed by atoms with Crippen molar-refractivity contribution in [1.29, 1.82) is 0 Å². The summed E-state index contributed by atoms with van der Waals surface area (Å²) < 4.78 is 30.8. The molecule has 1 aliphatic carbocycles. The van der Waals surface area contributed by atoms with E-state index < -0.39 is 52.7 Å². The van der Waals surface area contributed by atoms with Gasteiger partial charge in [-0.2, -0.15) is 0 Å². The van der Waals surface area contributed by atoms with Crippen LogP contribution in [0.4, 0.5) is 21.0 Å². The molecule has 0 aromatic heterocycles. The molecule has 5 rings (SSSR count). The number of carbonyl (C=O) groups excluding carboxylic acids is 5. The summed E-state index contributed by atoms with van der Waals surface area (Å²) in [5.74, 6) is -0.354. The van der Waals surface area contributed by atoms with E-state index in [-0.39, 0.29) is 69.4 Å². The molecule has 5 amide bonds. The van der Waals surface area contributed by atoms with Gasteiger partial charge in [0, 0.05) is 24.8 Å². The molecule has 17 heteroatoms. The minimum absolute atomic E-state index is 0.0128. The van der Waals surface area contributed by atoms with E-state index in [0.717, 1.165) is 19.3 Å². The lowest BCUT2D eigenvalue weighted by Gasteiger charge is -2.42. The van der Waals surface area contributed by atoms with Crippen LogP contribution in [0.1, 0.15) is 131 Å². The highest BCUT2D eigenvalue weighted by atomic mass is 28.4. The first-order chi connectivity index (χ1) is 32.8. The van der Waals surface area contributed by atoms with E-state index in [9.17, 15) is 24.0 Å². The van der Waals surface area contributed by atoms with E-state index in [0.29, 0.717) is 61.7 Å². The lowest BCUT2D eigenvalue weighted by molar-refractivity contribution is -0.130. The van der Waals surface area contributed by atoms with E-state index in [1.54, 1.807) is 43.5 Å². The van der Waals surface area contributed by atoms with Crippen molar-refractivity contribution in [3.63, 3.8) is 0 Å². The molecular formula is C53H83N5O10Si2. The Morgan fingerprint density at radius 3 is 2.10 bits per heavy atom. The Morgan fingerprint density at radius 2 is 1.54 bits per heavy atom. The number of nitrogens with one attached hydrogen (secondary N) is 3. The number of amides is 5. The number of nitrogens with zero attached hydrogens (tertiary/aromatic N) is 2. The second kappa shape index (κ2) is 23.1. The van der Waals surface area contributed by atoms with E-state index in [4.69, 9.17) is 23.1 Å². The minimum atomic E-state index is -2.52. The zero-order valence-electron chi connectivity index (χ0n) is 44.5. The molecule has 1 saturated carbocycles. The molecule has 2 saturated heterocycles. The largest absolute Gasteiger partial charge is 0.540 e. The third-order valence-corrected chi connectivity index (χ3v) is 26.0. The number of carbonyl (C=O) groups is 5. The molecule has 2 aliphatic heterocycles. The van der Waals surface area contributed by atoms with E-state index in [2.05, 4.69) is 97.9 Å². The molecule has 3 N–H and O–H groups in total. The Bertz CT molecular complexity index is 2170. The predicted octanol–water partition coefficient (Wildman–Crippen LogP) is 11.3. The maximum absolute atomic E-state index is 15.0. The summed E-state index contributed by atoms with van der Waals surface area (Å²) >= 11 is 0. The molecule has 2 aromatic carbocycles. The summed E-state index contributed by atoms with van der Waals surface area (Å²) in [6.07, 6.45) is 4.84. The Kier molecular flexibility index (Phi) is 18.5. The number of ether oxygens (including phenoxy) is 3. The van der Waals surface area contributed by atoms with Crippen LogP contribution < -0.4 is 25.1 Å². The molecule has 0 bridgehead atoms. The molecule has 2 aromatic rings. The van der Waals surface area contributed by atoms with Crippen LogP contribution in [0.15, 0.2) is 49.1 Å². The average Bonchev–Trinajstić information content (AvgIpc) is 3.68. The van der Waals surface area contributed by atoms with Crippen LogP contribution in [0.3, 0.4) is 0 Å². The van der Waals surface area contributed by atoms with Gasteiger partial charge in [-0.3, -0.25) is 24.6 Å². The van der Waals surface area contributed by atoms with Crippen LogP contribution in [-0.4, -0.2) is 108 Å². The minimum Gasteiger partial charge on any atom is -0.540 e. The SMILES string of the molecule is C=CCOC(=O)N1CCC[C@@H]1C(=O)NC(C(=O)Nc1ccc(COC(=O)Nc2cc(O[Si](C(C)C)(C(C)C)C(C)C)c(OC)cc2C(=O)N2CC3(CC3)C[C@H]2CO[Si](C)(C)C(C)(C)C)cc1)[C@@H](C)CC. The van der Waals surface area contributed by atoms with Crippen LogP contribution in [0.25, 0.3) is 0 Å². The smallest absolute Gasteiger partial charge is 0.411 e. The van der Waals surface area contributed by atoms with Crippen molar-refractivity contribution < 1.29 is 47.0 Å². The van der Waals surface area contributed by atoms with Crippen LogP contribution in [0.2, 0.25) is 34.8 Å². The molecule has 388 valence electrons. The molecular weight excluding hydrogens is 923 g/mol. The molecule has 3 aliphatic rings. The van der Waals surface area contributed by atoms with Gasteiger partial charge in [-0.05, 0) is 102 Å². The molecule has 3 fully saturated rings. The standard InChI is InChI=1S/C53H83N5O10Si2/c1-16-27-65-51(63)57-26-18-19-43(57)47(59)56-46(37(9)17-2)48(60)54-39-22-20-38(21-23-39)31-66-50(62)55-42-29-45(68-70(34(3)4,35(5)6)36(7)8)44(64-13)28-41(42)49(61)58-33-53(24-25-53)30-40(58)32-67-69(14,15)52(10,11)12/h16,20-23,28-29,34-37,40,43,46H,1,17-19,24-27,30-33H2,2-15H3,(H,54,60)(H,55,62)(H,56,59)/t37-,40-,43+,46?/m0/s1. The second-order valence-electron chi connectivity index (χ2n) is 22.3. The number of methoxy groups -OCH3 is 1. The number of benzene rings is 2. The summed E-state index contributed by atoms with van der Waals surface area (Å²) in [7, 11) is -3.07. The summed E-state index contributed by atoms with van der Waals surface area (Å²) in [4.78, 5) is 71.9. The monoisotopic (exact) mass is 1010 g/mol. The number of likely N-dealkylation sites (tertiary alicyclic amines) is 2. The highest BCUT2D eigenvalue weighted by Crippen LogP contribution is 2.56. The Morgan fingerprint density at radius 1 is 0.900 bits per heavy atom. The van der Waals surface area contributed by atoms with Gasteiger partial charge in [0.2, 0.25) is 11.8 Å². The lowest BCUT2D eigenvalue weighted by Crippen LogP contribution is -2.54. The molecule has 1 unspecified atom stereocenters. The molecule has 1 spiro atoms. The zero-order chi connectivity index (χ0) is 51.9. The number of hydrogen-bond acceptors (Lipinski definition) is 10.